The van der Waals surface area contributed by atoms with E-state index in [9.17, 15) is 9.59 Å². The summed E-state index contributed by atoms with van der Waals surface area (Å²) in [6.07, 6.45) is 8.23. The summed E-state index contributed by atoms with van der Waals surface area (Å²) in [5.74, 6) is 0.684. The highest BCUT2D eigenvalue weighted by atomic mass is 16.6. The van der Waals surface area contributed by atoms with Gasteiger partial charge in [-0.2, -0.15) is 0 Å². The van der Waals surface area contributed by atoms with Gasteiger partial charge in [0.2, 0.25) is 5.91 Å². The van der Waals surface area contributed by atoms with Crippen molar-refractivity contribution < 1.29 is 19.1 Å². The maximum Gasteiger partial charge on any atom is 0.410 e. The van der Waals surface area contributed by atoms with Gasteiger partial charge in [-0.05, 0) is 83.6 Å². The zero-order valence-electron chi connectivity index (χ0n) is 20.5. The van der Waals surface area contributed by atoms with Gasteiger partial charge >= 0.3 is 6.09 Å². The van der Waals surface area contributed by atoms with Crippen molar-refractivity contribution in [2.24, 2.45) is 0 Å². The van der Waals surface area contributed by atoms with Crippen LogP contribution in [0.1, 0.15) is 90.0 Å². The fourth-order valence-corrected chi connectivity index (χ4v) is 5.89. The zero-order valence-corrected chi connectivity index (χ0v) is 20.5. The first kappa shape index (κ1) is 24.1. The molecule has 2 atom stereocenters. The Hall–Kier alpha value is -2.08. The number of likely N-dealkylation sites (tertiary alicyclic amines) is 1. The molecule has 1 spiro atoms. The lowest BCUT2D eigenvalue weighted by molar-refractivity contribution is -0.130. The topological polar surface area (TPSA) is 67.9 Å². The van der Waals surface area contributed by atoms with Gasteiger partial charge in [-0.15, -0.1) is 0 Å². The third-order valence-electron chi connectivity index (χ3n) is 7.51. The molecule has 2 heterocycles. The molecule has 1 N–H and O–H groups in total. The van der Waals surface area contributed by atoms with E-state index in [0.29, 0.717) is 25.5 Å². The normalized spacial score (nSPS) is 30.7. The number of piperidine rings is 2. The number of nitrogens with one attached hydrogen (secondary N) is 1. The summed E-state index contributed by atoms with van der Waals surface area (Å²) in [4.78, 5) is 27.3. The Morgan fingerprint density at radius 1 is 1.09 bits per heavy atom. The molecule has 0 radical (unpaired) electrons. The summed E-state index contributed by atoms with van der Waals surface area (Å²) < 4.78 is 12.2. The molecule has 182 valence electrons. The van der Waals surface area contributed by atoms with Gasteiger partial charge in [-0.3, -0.25) is 4.79 Å². The molecule has 1 aromatic carbocycles. The standard InChI is InChI=1S/C27H40N2O4/c1-26(2,3)33-25(31)29-18-8-17-27(16-7-11-24(30)28-27)23(29)19-32-22-14-12-21(13-15-22)20-9-5-4-6-10-20/h4-6,9-10,21-23H,7-8,11-19H2,1-3H3,(H,28,30). The predicted octanol–water partition coefficient (Wildman–Crippen LogP) is 5.17. The first-order valence-electron chi connectivity index (χ1n) is 12.7. The Morgan fingerprint density at radius 3 is 2.45 bits per heavy atom. The molecule has 2 unspecified atom stereocenters. The number of benzene rings is 1. The van der Waals surface area contributed by atoms with Crippen molar-refractivity contribution in [3.05, 3.63) is 35.9 Å². The van der Waals surface area contributed by atoms with Crippen LogP contribution < -0.4 is 5.32 Å². The Labute approximate surface area is 198 Å². The van der Waals surface area contributed by atoms with Crippen LogP contribution in [0, 0.1) is 0 Å². The van der Waals surface area contributed by atoms with Crippen molar-refractivity contribution >= 4 is 12.0 Å². The molecule has 2 amide bonds. The first-order chi connectivity index (χ1) is 15.8. The SMILES string of the molecule is CC(C)(C)OC(=O)N1CCCC2(CCCC(=O)N2)C1COC1CCC(c2ccccc2)CC1. The summed E-state index contributed by atoms with van der Waals surface area (Å²) in [5.41, 5.74) is 0.452. The number of hydrogen-bond donors (Lipinski definition) is 1. The quantitative estimate of drug-likeness (QED) is 0.679. The molecule has 6 heteroatoms. The van der Waals surface area contributed by atoms with E-state index in [1.807, 2.05) is 25.7 Å². The number of carbonyl (C=O) groups is 2. The molecule has 1 aromatic rings. The molecule has 0 bridgehead atoms. The van der Waals surface area contributed by atoms with E-state index >= 15 is 0 Å². The Kier molecular flexibility index (Phi) is 7.32. The highest BCUT2D eigenvalue weighted by Crippen LogP contribution is 2.38. The first-order valence-corrected chi connectivity index (χ1v) is 12.7. The number of ether oxygens (including phenoxy) is 2. The maximum absolute atomic E-state index is 13.1. The van der Waals surface area contributed by atoms with Crippen molar-refractivity contribution in [1.82, 2.24) is 10.2 Å². The summed E-state index contributed by atoms with van der Waals surface area (Å²) in [5, 5.41) is 3.28. The van der Waals surface area contributed by atoms with E-state index in [-0.39, 0.29) is 24.1 Å². The highest BCUT2D eigenvalue weighted by Gasteiger charge is 2.49. The van der Waals surface area contributed by atoms with Crippen molar-refractivity contribution in [3.63, 3.8) is 0 Å². The summed E-state index contributed by atoms with van der Waals surface area (Å²) in [6, 6.07) is 10.6. The summed E-state index contributed by atoms with van der Waals surface area (Å²) in [7, 11) is 0. The number of rotatable bonds is 4. The minimum Gasteiger partial charge on any atom is -0.444 e. The molecule has 3 fully saturated rings. The molecule has 1 aliphatic carbocycles. The van der Waals surface area contributed by atoms with Crippen LogP contribution in [0.5, 0.6) is 0 Å². The Bertz CT molecular complexity index is 809. The smallest absolute Gasteiger partial charge is 0.410 e. The molecular formula is C27H40N2O4. The van der Waals surface area contributed by atoms with Crippen LogP contribution in [0.3, 0.4) is 0 Å². The van der Waals surface area contributed by atoms with E-state index in [2.05, 4.69) is 35.6 Å². The molecule has 4 rings (SSSR count). The van der Waals surface area contributed by atoms with Crippen LogP contribution in [0.15, 0.2) is 30.3 Å². The second-order valence-corrected chi connectivity index (χ2v) is 11.1. The number of amides is 2. The molecule has 6 nitrogen and oxygen atoms in total. The van der Waals surface area contributed by atoms with Gasteiger partial charge in [0.05, 0.1) is 24.3 Å². The van der Waals surface area contributed by atoms with Crippen molar-refractivity contribution in [2.75, 3.05) is 13.2 Å². The highest BCUT2D eigenvalue weighted by molar-refractivity contribution is 5.78. The Balaban J connectivity index is 1.43. The number of hydrogen-bond acceptors (Lipinski definition) is 4. The molecule has 2 aliphatic heterocycles. The largest absolute Gasteiger partial charge is 0.444 e. The third kappa shape index (κ3) is 5.89. The predicted molar refractivity (Wildman–Crippen MR) is 128 cm³/mol. The minimum atomic E-state index is -0.557. The summed E-state index contributed by atoms with van der Waals surface area (Å²) in [6.45, 7) is 6.76. The molecule has 0 aromatic heterocycles. The van der Waals surface area contributed by atoms with Crippen LogP contribution in [-0.2, 0) is 14.3 Å². The van der Waals surface area contributed by atoms with Gasteiger partial charge in [0.15, 0.2) is 0 Å². The van der Waals surface area contributed by atoms with E-state index in [1.54, 1.807) is 0 Å². The third-order valence-corrected chi connectivity index (χ3v) is 7.51. The van der Waals surface area contributed by atoms with Crippen LogP contribution in [-0.4, -0.2) is 53.3 Å². The second-order valence-electron chi connectivity index (χ2n) is 11.1. The van der Waals surface area contributed by atoms with E-state index in [0.717, 1.165) is 51.4 Å². The van der Waals surface area contributed by atoms with Crippen LogP contribution >= 0.6 is 0 Å². The van der Waals surface area contributed by atoms with E-state index in [4.69, 9.17) is 9.47 Å². The second kappa shape index (κ2) is 10.0. The molecule has 33 heavy (non-hydrogen) atoms. The molecule has 2 saturated heterocycles. The van der Waals surface area contributed by atoms with Crippen LogP contribution in [0.2, 0.25) is 0 Å². The lowest BCUT2D eigenvalue weighted by Crippen LogP contribution is -2.69. The molecule has 3 aliphatic rings. The summed E-state index contributed by atoms with van der Waals surface area (Å²) >= 11 is 0. The van der Waals surface area contributed by atoms with Gasteiger partial charge < -0.3 is 19.7 Å². The lowest BCUT2D eigenvalue weighted by atomic mass is 9.75. The monoisotopic (exact) mass is 456 g/mol. The fraction of sp³-hybridized carbons (Fsp3) is 0.704. The van der Waals surface area contributed by atoms with Crippen molar-refractivity contribution in [3.8, 4) is 0 Å². The van der Waals surface area contributed by atoms with Gasteiger partial charge in [-0.1, -0.05) is 30.3 Å². The molecular weight excluding hydrogens is 416 g/mol. The van der Waals surface area contributed by atoms with Gasteiger partial charge in [-0.25, -0.2) is 4.79 Å². The van der Waals surface area contributed by atoms with Crippen LogP contribution in [0.4, 0.5) is 4.79 Å². The van der Waals surface area contributed by atoms with E-state index < -0.39 is 11.1 Å². The minimum absolute atomic E-state index is 0.0839. The number of carbonyl (C=O) groups excluding carboxylic acids is 2. The lowest BCUT2D eigenvalue weighted by Gasteiger charge is -2.52. The van der Waals surface area contributed by atoms with Crippen LogP contribution in [0.25, 0.3) is 0 Å². The van der Waals surface area contributed by atoms with Gasteiger partial charge in [0.1, 0.15) is 5.60 Å². The van der Waals surface area contributed by atoms with E-state index in [1.165, 1.54) is 5.56 Å². The molecule has 1 saturated carbocycles. The van der Waals surface area contributed by atoms with Gasteiger partial charge in [0, 0.05) is 13.0 Å². The average Bonchev–Trinajstić information content (AvgIpc) is 2.78. The Morgan fingerprint density at radius 2 is 1.79 bits per heavy atom. The average molecular weight is 457 g/mol. The van der Waals surface area contributed by atoms with Gasteiger partial charge in [0.25, 0.3) is 0 Å². The zero-order chi connectivity index (χ0) is 23.5. The fourth-order valence-electron chi connectivity index (χ4n) is 5.89. The van der Waals surface area contributed by atoms with Crippen molar-refractivity contribution in [2.45, 2.75) is 108 Å². The maximum atomic E-state index is 13.1. The van der Waals surface area contributed by atoms with Crippen molar-refractivity contribution in [1.29, 1.82) is 0 Å². The number of nitrogens with zero attached hydrogens (tertiary/aromatic N) is 1.